The maximum atomic E-state index is 5.81. The smallest absolute Gasteiger partial charge is 0.213 e. The minimum absolute atomic E-state index is 0.351. The Morgan fingerprint density at radius 3 is 2.76 bits per heavy atom. The van der Waals surface area contributed by atoms with E-state index in [2.05, 4.69) is 30.2 Å². The van der Waals surface area contributed by atoms with Crippen molar-refractivity contribution in [3.05, 3.63) is 23.9 Å². The van der Waals surface area contributed by atoms with Gasteiger partial charge in [-0.3, -0.25) is 0 Å². The van der Waals surface area contributed by atoms with Crippen LogP contribution in [-0.2, 0) is 6.42 Å². The van der Waals surface area contributed by atoms with Gasteiger partial charge in [-0.15, -0.1) is 0 Å². The summed E-state index contributed by atoms with van der Waals surface area (Å²) in [5.41, 5.74) is 1.29. The van der Waals surface area contributed by atoms with Crippen LogP contribution in [0.5, 0.6) is 5.88 Å². The Balaban J connectivity index is 1.76. The second-order valence-corrected chi connectivity index (χ2v) is 4.72. The number of aryl methyl sites for hydroxylation is 1. The molecule has 1 aliphatic rings. The van der Waals surface area contributed by atoms with E-state index >= 15 is 0 Å². The summed E-state index contributed by atoms with van der Waals surface area (Å²) in [6.45, 7) is 5.36. The van der Waals surface area contributed by atoms with Crippen LogP contribution in [-0.4, -0.2) is 23.7 Å². The number of pyridine rings is 1. The van der Waals surface area contributed by atoms with Crippen LogP contribution in [0.2, 0.25) is 0 Å². The molecule has 1 aromatic rings. The first kappa shape index (κ1) is 12.4. The van der Waals surface area contributed by atoms with Gasteiger partial charge in [0, 0.05) is 18.3 Å². The number of hydrogen-bond acceptors (Lipinski definition) is 3. The molecular weight excluding hydrogens is 212 g/mol. The molecule has 94 valence electrons. The lowest BCUT2D eigenvalue weighted by atomic mass is 9.89. The van der Waals surface area contributed by atoms with E-state index < -0.39 is 0 Å². The van der Waals surface area contributed by atoms with Crippen LogP contribution in [0, 0.1) is 0 Å². The molecule has 0 bridgehead atoms. The highest BCUT2D eigenvalue weighted by atomic mass is 16.5. The Morgan fingerprint density at radius 1 is 1.35 bits per heavy atom. The Kier molecular flexibility index (Phi) is 4.37. The molecule has 0 atom stereocenters. The molecular formula is C14H22N2O. The minimum atomic E-state index is 0.351. The lowest BCUT2D eigenvalue weighted by Crippen LogP contribution is -2.46. The molecule has 1 N–H and O–H groups in total. The summed E-state index contributed by atoms with van der Waals surface area (Å²) in [5.74, 6) is 0.768. The maximum absolute atomic E-state index is 5.81. The van der Waals surface area contributed by atoms with Crippen LogP contribution < -0.4 is 10.1 Å². The fourth-order valence-electron chi connectivity index (χ4n) is 2.21. The molecule has 0 aromatic carbocycles. The van der Waals surface area contributed by atoms with Crippen LogP contribution in [0.25, 0.3) is 0 Å². The summed E-state index contributed by atoms with van der Waals surface area (Å²) in [7, 11) is 0. The number of hydrogen-bond donors (Lipinski definition) is 1. The molecule has 2 rings (SSSR count). The highest BCUT2D eigenvalue weighted by molar-refractivity contribution is 5.18. The van der Waals surface area contributed by atoms with Crippen LogP contribution in [0.15, 0.2) is 18.3 Å². The minimum Gasteiger partial charge on any atom is -0.474 e. The zero-order chi connectivity index (χ0) is 12.1. The molecule has 0 saturated heterocycles. The molecule has 1 saturated carbocycles. The molecule has 1 fully saturated rings. The number of rotatable bonds is 6. The molecule has 3 nitrogen and oxygen atoms in total. The van der Waals surface area contributed by atoms with Crippen molar-refractivity contribution in [1.82, 2.24) is 10.3 Å². The first-order valence-corrected chi connectivity index (χ1v) is 6.66. The maximum Gasteiger partial charge on any atom is 0.213 e. The third-order valence-corrected chi connectivity index (χ3v) is 3.21. The first-order valence-electron chi connectivity index (χ1n) is 6.66. The monoisotopic (exact) mass is 234 g/mol. The van der Waals surface area contributed by atoms with E-state index in [-0.39, 0.29) is 0 Å². The van der Waals surface area contributed by atoms with Crippen molar-refractivity contribution < 1.29 is 4.74 Å². The predicted octanol–water partition coefficient (Wildman–Crippen LogP) is 2.55. The highest BCUT2D eigenvalue weighted by Crippen LogP contribution is 2.24. The molecule has 0 radical (unpaired) electrons. The molecule has 0 spiro atoms. The molecule has 1 aromatic heterocycles. The molecule has 3 heteroatoms. The van der Waals surface area contributed by atoms with Gasteiger partial charge in [-0.05, 0) is 31.4 Å². The number of aromatic nitrogens is 1. The first-order chi connectivity index (χ1) is 8.31. The van der Waals surface area contributed by atoms with E-state index in [1.165, 1.54) is 5.56 Å². The van der Waals surface area contributed by atoms with Gasteiger partial charge >= 0.3 is 0 Å². The van der Waals surface area contributed by atoms with E-state index in [0.29, 0.717) is 12.1 Å². The van der Waals surface area contributed by atoms with Crippen LogP contribution in [0.4, 0.5) is 0 Å². The van der Waals surface area contributed by atoms with Gasteiger partial charge in [0.15, 0.2) is 0 Å². The van der Waals surface area contributed by atoms with Crippen molar-refractivity contribution in [2.45, 2.75) is 51.7 Å². The predicted molar refractivity (Wildman–Crippen MR) is 69.3 cm³/mol. The lowest BCUT2D eigenvalue weighted by Gasteiger charge is -2.35. The molecule has 0 amide bonds. The van der Waals surface area contributed by atoms with Gasteiger partial charge in [0.25, 0.3) is 0 Å². The SMILES string of the molecule is CCCc1ccc(OC2CC(NCC)C2)nc1. The number of nitrogens with one attached hydrogen (secondary N) is 1. The summed E-state index contributed by atoms with van der Waals surface area (Å²) in [5, 5.41) is 3.42. The molecule has 1 heterocycles. The Hall–Kier alpha value is -1.09. The third kappa shape index (κ3) is 3.43. The second kappa shape index (κ2) is 6.01. The molecule has 1 aliphatic carbocycles. The fraction of sp³-hybridized carbons (Fsp3) is 0.643. The van der Waals surface area contributed by atoms with Gasteiger partial charge in [-0.1, -0.05) is 26.3 Å². The van der Waals surface area contributed by atoms with E-state index in [9.17, 15) is 0 Å². The van der Waals surface area contributed by atoms with E-state index in [1.807, 2.05) is 12.3 Å². The summed E-state index contributed by atoms with van der Waals surface area (Å²) < 4.78 is 5.81. The Labute approximate surface area is 104 Å². The van der Waals surface area contributed by atoms with E-state index in [1.54, 1.807) is 0 Å². The quantitative estimate of drug-likeness (QED) is 0.821. The summed E-state index contributed by atoms with van der Waals surface area (Å²) >= 11 is 0. The van der Waals surface area contributed by atoms with Crippen LogP contribution in [0.3, 0.4) is 0 Å². The Bertz CT molecular complexity index is 331. The highest BCUT2D eigenvalue weighted by Gasteiger charge is 2.30. The normalized spacial score (nSPS) is 23.2. The topological polar surface area (TPSA) is 34.1 Å². The van der Waals surface area contributed by atoms with E-state index in [4.69, 9.17) is 4.74 Å². The van der Waals surface area contributed by atoms with Crippen LogP contribution >= 0.6 is 0 Å². The average Bonchev–Trinajstić information content (AvgIpc) is 2.29. The third-order valence-electron chi connectivity index (χ3n) is 3.21. The molecule has 0 aliphatic heterocycles. The standard InChI is InChI=1S/C14H22N2O/c1-3-5-11-6-7-14(16-10-11)17-13-8-12(9-13)15-4-2/h6-7,10,12-13,15H,3-5,8-9H2,1-2H3. The van der Waals surface area contributed by atoms with Crippen LogP contribution in [0.1, 0.15) is 38.7 Å². The van der Waals surface area contributed by atoms with Crippen molar-refractivity contribution in [2.75, 3.05) is 6.54 Å². The zero-order valence-electron chi connectivity index (χ0n) is 10.8. The van der Waals surface area contributed by atoms with Gasteiger partial charge in [-0.2, -0.15) is 0 Å². The Morgan fingerprint density at radius 2 is 2.18 bits per heavy atom. The summed E-state index contributed by atoms with van der Waals surface area (Å²) in [6.07, 6.45) is 6.75. The van der Waals surface area contributed by atoms with Crippen molar-refractivity contribution >= 4 is 0 Å². The second-order valence-electron chi connectivity index (χ2n) is 4.72. The fourth-order valence-corrected chi connectivity index (χ4v) is 2.21. The number of ether oxygens (including phenoxy) is 1. The lowest BCUT2D eigenvalue weighted by molar-refractivity contribution is 0.0814. The molecule has 17 heavy (non-hydrogen) atoms. The largest absolute Gasteiger partial charge is 0.474 e. The van der Waals surface area contributed by atoms with Gasteiger partial charge in [0.05, 0.1) is 0 Å². The van der Waals surface area contributed by atoms with E-state index in [0.717, 1.165) is 38.1 Å². The van der Waals surface area contributed by atoms with Gasteiger partial charge in [0.2, 0.25) is 5.88 Å². The van der Waals surface area contributed by atoms with Gasteiger partial charge in [-0.25, -0.2) is 4.98 Å². The summed E-state index contributed by atoms with van der Waals surface area (Å²) in [4.78, 5) is 4.35. The van der Waals surface area contributed by atoms with Gasteiger partial charge in [0.1, 0.15) is 6.10 Å². The summed E-state index contributed by atoms with van der Waals surface area (Å²) in [6, 6.07) is 4.75. The van der Waals surface area contributed by atoms with Crippen molar-refractivity contribution in [1.29, 1.82) is 0 Å². The molecule has 0 unspecified atom stereocenters. The number of nitrogens with zero attached hydrogens (tertiary/aromatic N) is 1. The zero-order valence-corrected chi connectivity index (χ0v) is 10.8. The van der Waals surface area contributed by atoms with Gasteiger partial charge < -0.3 is 10.1 Å². The van der Waals surface area contributed by atoms with Crippen molar-refractivity contribution in [3.63, 3.8) is 0 Å². The van der Waals surface area contributed by atoms with Crippen molar-refractivity contribution in [2.24, 2.45) is 0 Å². The average molecular weight is 234 g/mol. The van der Waals surface area contributed by atoms with Crippen molar-refractivity contribution in [3.8, 4) is 5.88 Å².